The number of halogens is 3. The summed E-state index contributed by atoms with van der Waals surface area (Å²) < 4.78 is 26.7. The molecule has 0 radical (unpaired) electrons. The number of hydrogen-bond acceptors (Lipinski definition) is 4. The van der Waals surface area contributed by atoms with Gasteiger partial charge in [0.2, 0.25) is 5.92 Å². The predicted molar refractivity (Wildman–Crippen MR) is 113 cm³/mol. The van der Waals surface area contributed by atoms with Crippen LogP contribution in [0.1, 0.15) is 56.8 Å². The molecule has 0 spiro atoms. The van der Waals surface area contributed by atoms with Crippen LogP contribution in [0.5, 0.6) is 0 Å². The molecule has 8 heteroatoms. The average Bonchev–Trinajstić information content (AvgIpc) is 2.73. The van der Waals surface area contributed by atoms with Gasteiger partial charge in [0.05, 0.1) is 5.02 Å². The van der Waals surface area contributed by atoms with Gasteiger partial charge in [-0.15, -0.1) is 0 Å². The molecule has 0 unspecified atom stereocenters. The molecular weight excluding hydrogens is 402 g/mol. The lowest BCUT2D eigenvalue weighted by molar-refractivity contribution is -0.114. The first-order chi connectivity index (χ1) is 13.7. The highest BCUT2D eigenvalue weighted by molar-refractivity contribution is 6.34. The van der Waals surface area contributed by atoms with Crippen LogP contribution in [-0.2, 0) is 6.54 Å². The number of aryl methyl sites for hydroxylation is 1. The van der Waals surface area contributed by atoms with Crippen molar-refractivity contribution in [1.82, 2.24) is 9.88 Å². The third-order valence-corrected chi connectivity index (χ3v) is 5.21. The Balaban J connectivity index is 0.000000284. The standard InChI is InChI=1S/C12H10ClNO2.C7H13F2NO.C2H6/c1-2-14-6-5-8-9(12(14)16)3-4-11(13)10(8)7-15;1-10-7(11)4-2-6(8,9)3-5-7;1-2/h3-7H,2H2,1H3;10-11H,2-5H2,1H3;1-2H3. The lowest BCUT2D eigenvalue weighted by atomic mass is 9.89. The topological polar surface area (TPSA) is 71.3 Å². The summed E-state index contributed by atoms with van der Waals surface area (Å²) in [5.74, 6) is -2.57. The van der Waals surface area contributed by atoms with Crippen molar-refractivity contribution in [2.45, 2.75) is 64.6 Å². The number of hydrogen-bond donors (Lipinski definition) is 2. The maximum atomic E-state index is 12.5. The van der Waals surface area contributed by atoms with E-state index in [0.717, 1.165) is 0 Å². The van der Waals surface area contributed by atoms with E-state index in [-0.39, 0.29) is 31.2 Å². The van der Waals surface area contributed by atoms with Crippen molar-refractivity contribution >= 4 is 28.7 Å². The van der Waals surface area contributed by atoms with Crippen molar-refractivity contribution in [3.8, 4) is 0 Å². The summed E-state index contributed by atoms with van der Waals surface area (Å²) in [6.07, 6.45) is 2.19. The smallest absolute Gasteiger partial charge is 0.258 e. The zero-order valence-corrected chi connectivity index (χ0v) is 18.0. The highest BCUT2D eigenvalue weighted by Crippen LogP contribution is 2.36. The summed E-state index contributed by atoms with van der Waals surface area (Å²) in [5.41, 5.74) is -0.777. The molecule has 0 atom stereocenters. The van der Waals surface area contributed by atoms with Gasteiger partial charge in [0.1, 0.15) is 5.72 Å². The maximum absolute atomic E-state index is 12.5. The van der Waals surface area contributed by atoms with Gasteiger partial charge < -0.3 is 9.67 Å². The molecule has 1 fully saturated rings. The minimum Gasteiger partial charge on any atom is -0.376 e. The minimum atomic E-state index is -2.57. The Bertz CT molecular complexity index is 874. The van der Waals surface area contributed by atoms with Crippen molar-refractivity contribution in [2.75, 3.05) is 7.05 Å². The molecule has 1 aromatic heterocycles. The molecule has 2 N–H and O–H groups in total. The molecule has 162 valence electrons. The Labute approximate surface area is 174 Å². The number of carbonyl (C=O) groups excluding carboxylic acids is 1. The number of aliphatic hydroxyl groups is 1. The van der Waals surface area contributed by atoms with Crippen LogP contribution in [0.2, 0.25) is 5.02 Å². The third kappa shape index (κ3) is 6.32. The predicted octanol–water partition coefficient (Wildman–Crippen LogP) is 4.62. The Kier molecular flexibility index (Phi) is 9.39. The van der Waals surface area contributed by atoms with E-state index in [2.05, 4.69) is 5.32 Å². The zero-order valence-electron chi connectivity index (χ0n) is 17.3. The molecule has 1 aliphatic carbocycles. The van der Waals surface area contributed by atoms with Crippen molar-refractivity contribution in [2.24, 2.45) is 0 Å². The molecule has 0 aliphatic heterocycles. The van der Waals surface area contributed by atoms with E-state index < -0.39 is 11.6 Å². The van der Waals surface area contributed by atoms with Crippen LogP contribution in [0, 0.1) is 0 Å². The molecule has 1 heterocycles. The molecule has 1 aromatic carbocycles. The fourth-order valence-corrected chi connectivity index (χ4v) is 3.22. The summed E-state index contributed by atoms with van der Waals surface area (Å²) in [5, 5.41) is 13.6. The Hall–Kier alpha value is -1.83. The molecule has 1 saturated carbocycles. The van der Waals surface area contributed by atoms with E-state index in [1.807, 2.05) is 20.8 Å². The van der Waals surface area contributed by atoms with Gasteiger partial charge in [0, 0.05) is 41.9 Å². The number of nitrogens with zero attached hydrogens (tertiary/aromatic N) is 1. The van der Waals surface area contributed by atoms with E-state index in [0.29, 0.717) is 34.2 Å². The van der Waals surface area contributed by atoms with Crippen LogP contribution < -0.4 is 10.9 Å². The fourth-order valence-electron chi connectivity index (χ4n) is 3.01. The third-order valence-electron chi connectivity index (χ3n) is 4.88. The number of carbonyl (C=O) groups is 1. The number of alkyl halides is 2. The van der Waals surface area contributed by atoms with E-state index >= 15 is 0 Å². The van der Waals surface area contributed by atoms with Gasteiger partial charge in [-0.25, -0.2) is 8.78 Å². The van der Waals surface area contributed by atoms with E-state index in [9.17, 15) is 23.5 Å². The van der Waals surface area contributed by atoms with Crippen molar-refractivity contribution in [3.05, 3.63) is 45.3 Å². The molecule has 2 aromatic rings. The highest BCUT2D eigenvalue weighted by Gasteiger charge is 2.41. The molecule has 0 saturated heterocycles. The minimum absolute atomic E-state index is 0.0974. The SMILES string of the molecule is CC.CCn1ccc2c(C=O)c(Cl)ccc2c1=O.CNC1(O)CCC(F)(F)CC1. The summed E-state index contributed by atoms with van der Waals surface area (Å²) >= 11 is 5.89. The number of pyridine rings is 1. The molecule has 29 heavy (non-hydrogen) atoms. The normalized spacial score (nSPS) is 16.8. The monoisotopic (exact) mass is 430 g/mol. The number of rotatable bonds is 3. The summed E-state index contributed by atoms with van der Waals surface area (Å²) in [7, 11) is 1.59. The first-order valence-corrected chi connectivity index (χ1v) is 10.1. The van der Waals surface area contributed by atoms with Crippen LogP contribution in [0.15, 0.2) is 29.2 Å². The van der Waals surface area contributed by atoms with Gasteiger partial charge in [0.15, 0.2) is 6.29 Å². The molecule has 1 aliphatic rings. The van der Waals surface area contributed by atoms with E-state index in [1.165, 1.54) is 0 Å². The average molecular weight is 431 g/mol. The van der Waals surface area contributed by atoms with E-state index in [1.54, 1.807) is 36.0 Å². The molecule has 0 amide bonds. The number of benzene rings is 1. The lowest BCUT2D eigenvalue weighted by Gasteiger charge is -2.35. The van der Waals surface area contributed by atoms with Gasteiger partial charge in [-0.3, -0.25) is 14.9 Å². The van der Waals surface area contributed by atoms with Crippen LogP contribution >= 0.6 is 11.6 Å². The Morgan fingerprint density at radius 3 is 2.24 bits per heavy atom. The molecule has 5 nitrogen and oxygen atoms in total. The number of aldehydes is 1. The fraction of sp³-hybridized carbons (Fsp3) is 0.524. The summed E-state index contributed by atoms with van der Waals surface area (Å²) in [6.45, 7) is 6.50. The molecular formula is C21H29ClF2N2O3. The van der Waals surface area contributed by atoms with Crippen LogP contribution in [0.3, 0.4) is 0 Å². The molecule has 0 bridgehead atoms. The summed E-state index contributed by atoms with van der Waals surface area (Å²) in [6, 6.07) is 4.98. The first kappa shape index (κ1) is 25.2. The van der Waals surface area contributed by atoms with Gasteiger partial charge in [-0.2, -0.15) is 0 Å². The Morgan fingerprint density at radius 2 is 1.76 bits per heavy atom. The van der Waals surface area contributed by atoms with E-state index in [4.69, 9.17) is 11.6 Å². The van der Waals surface area contributed by atoms with Crippen molar-refractivity contribution < 1.29 is 18.7 Å². The van der Waals surface area contributed by atoms with Crippen molar-refractivity contribution in [3.63, 3.8) is 0 Å². The Morgan fingerprint density at radius 1 is 1.17 bits per heavy atom. The zero-order chi connectivity index (χ0) is 22.2. The number of aromatic nitrogens is 1. The second-order valence-electron chi connectivity index (χ2n) is 6.58. The number of nitrogens with one attached hydrogen (secondary N) is 1. The first-order valence-electron chi connectivity index (χ1n) is 9.72. The summed E-state index contributed by atoms with van der Waals surface area (Å²) in [4.78, 5) is 22.9. The largest absolute Gasteiger partial charge is 0.376 e. The van der Waals surface area contributed by atoms with Crippen molar-refractivity contribution in [1.29, 1.82) is 0 Å². The van der Waals surface area contributed by atoms with Gasteiger partial charge >= 0.3 is 0 Å². The quantitative estimate of drug-likeness (QED) is 0.550. The van der Waals surface area contributed by atoms with Crippen LogP contribution in [-0.4, -0.2) is 34.7 Å². The molecule has 3 rings (SSSR count). The van der Waals surface area contributed by atoms with Crippen LogP contribution in [0.4, 0.5) is 8.78 Å². The second-order valence-corrected chi connectivity index (χ2v) is 6.99. The van der Waals surface area contributed by atoms with Gasteiger partial charge in [-0.05, 0) is 45.0 Å². The highest BCUT2D eigenvalue weighted by atomic mass is 35.5. The van der Waals surface area contributed by atoms with Crippen LogP contribution in [0.25, 0.3) is 10.8 Å². The maximum Gasteiger partial charge on any atom is 0.258 e. The van der Waals surface area contributed by atoms with Gasteiger partial charge in [-0.1, -0.05) is 25.4 Å². The lowest BCUT2D eigenvalue weighted by Crippen LogP contribution is -2.48. The number of fused-ring (bicyclic) bond motifs is 1. The second kappa shape index (κ2) is 10.8. The van der Waals surface area contributed by atoms with Gasteiger partial charge in [0.25, 0.3) is 5.56 Å².